The highest BCUT2D eigenvalue weighted by atomic mass is 16.2. The van der Waals surface area contributed by atoms with E-state index in [0.29, 0.717) is 0 Å². The van der Waals surface area contributed by atoms with Gasteiger partial charge in [0.25, 0.3) is 0 Å². The Labute approximate surface area is 121 Å². The van der Waals surface area contributed by atoms with Crippen molar-refractivity contribution in [1.29, 1.82) is 0 Å². The van der Waals surface area contributed by atoms with E-state index in [-0.39, 0.29) is 6.61 Å². The first kappa shape index (κ1) is 14.6. The quantitative estimate of drug-likeness (QED) is 0.835. The molecule has 2 nitrogen and oxygen atoms in total. The Kier molecular flexibility index (Phi) is 5.19. The monoisotopic (exact) mass is 269 g/mol. The van der Waals surface area contributed by atoms with E-state index in [1.165, 1.54) is 22.3 Å². The van der Waals surface area contributed by atoms with Gasteiger partial charge in [0, 0.05) is 18.8 Å². The maximum Gasteiger partial charge on any atom is 0.0434 e. The lowest BCUT2D eigenvalue weighted by Gasteiger charge is -2.10. The molecule has 2 N–H and O–H groups in total. The molecule has 0 spiro atoms. The van der Waals surface area contributed by atoms with Crippen LogP contribution >= 0.6 is 0 Å². The molecule has 0 radical (unpaired) electrons. The van der Waals surface area contributed by atoms with Crippen LogP contribution in [0.5, 0.6) is 0 Å². The minimum absolute atomic E-state index is 0.250. The lowest BCUT2D eigenvalue weighted by Crippen LogP contribution is -2.01. The Morgan fingerprint density at radius 1 is 0.950 bits per heavy atom. The first-order chi connectivity index (χ1) is 9.67. The van der Waals surface area contributed by atoms with Crippen LogP contribution in [0.3, 0.4) is 0 Å². The highest BCUT2D eigenvalue weighted by Gasteiger charge is 1.99. The minimum atomic E-state index is 0.250. The van der Waals surface area contributed by atoms with Crippen LogP contribution in [0, 0.1) is 13.8 Å². The Morgan fingerprint density at radius 2 is 1.70 bits per heavy atom. The molecule has 0 heterocycles. The molecular weight excluding hydrogens is 246 g/mol. The molecule has 0 unspecified atom stereocenters. The molecule has 2 aromatic rings. The van der Waals surface area contributed by atoms with E-state index in [0.717, 1.165) is 25.1 Å². The van der Waals surface area contributed by atoms with Gasteiger partial charge >= 0.3 is 0 Å². The van der Waals surface area contributed by atoms with Crippen LogP contribution in [0.1, 0.15) is 28.7 Å². The number of aryl methyl sites for hydroxylation is 3. The molecule has 0 saturated heterocycles. The predicted molar refractivity (Wildman–Crippen MR) is 85.1 cm³/mol. The number of rotatable bonds is 6. The van der Waals surface area contributed by atoms with Crippen molar-refractivity contribution >= 4 is 5.69 Å². The zero-order chi connectivity index (χ0) is 14.4. The van der Waals surface area contributed by atoms with Crippen LogP contribution in [0.15, 0.2) is 42.5 Å². The van der Waals surface area contributed by atoms with Crippen molar-refractivity contribution in [3.05, 3.63) is 64.7 Å². The zero-order valence-electron chi connectivity index (χ0n) is 12.3. The molecule has 0 aliphatic rings. The van der Waals surface area contributed by atoms with Crippen molar-refractivity contribution in [2.24, 2.45) is 0 Å². The molecule has 0 bridgehead atoms. The number of hydrogen-bond donors (Lipinski definition) is 2. The Bertz CT molecular complexity index is 543. The molecule has 0 saturated carbocycles. The third-order valence-electron chi connectivity index (χ3n) is 3.33. The van der Waals surface area contributed by atoms with Crippen molar-refractivity contribution < 1.29 is 5.11 Å². The smallest absolute Gasteiger partial charge is 0.0434 e. The van der Waals surface area contributed by atoms with Gasteiger partial charge in [0.2, 0.25) is 0 Å². The highest BCUT2D eigenvalue weighted by molar-refractivity contribution is 5.46. The van der Waals surface area contributed by atoms with E-state index in [2.05, 4.69) is 61.6 Å². The van der Waals surface area contributed by atoms with Gasteiger partial charge in [-0.3, -0.25) is 0 Å². The maximum atomic E-state index is 8.89. The van der Waals surface area contributed by atoms with Gasteiger partial charge in [0.15, 0.2) is 0 Å². The molecule has 0 amide bonds. The molecule has 0 aromatic heterocycles. The summed E-state index contributed by atoms with van der Waals surface area (Å²) >= 11 is 0. The standard InChI is InChI=1S/C18H23NO/c1-14-9-15(2)11-17(10-14)13-19-18-7-3-5-16(12-18)6-4-8-20/h3,5,7,9-12,19-20H,4,6,8,13H2,1-2H3. The van der Waals surface area contributed by atoms with E-state index in [1.807, 2.05) is 0 Å². The van der Waals surface area contributed by atoms with Crippen LogP contribution in [0.2, 0.25) is 0 Å². The lowest BCUT2D eigenvalue weighted by atomic mass is 10.1. The van der Waals surface area contributed by atoms with Crippen LogP contribution in [0.4, 0.5) is 5.69 Å². The fourth-order valence-electron chi connectivity index (χ4n) is 2.50. The van der Waals surface area contributed by atoms with Gasteiger partial charge in [-0.25, -0.2) is 0 Å². The third kappa shape index (κ3) is 4.39. The molecule has 2 heteroatoms. The Hall–Kier alpha value is -1.80. The van der Waals surface area contributed by atoms with E-state index >= 15 is 0 Å². The summed E-state index contributed by atoms with van der Waals surface area (Å²) in [5.74, 6) is 0. The van der Waals surface area contributed by atoms with Gasteiger partial charge < -0.3 is 10.4 Å². The summed E-state index contributed by atoms with van der Waals surface area (Å²) in [5.41, 5.74) is 6.32. The maximum absolute atomic E-state index is 8.89. The molecule has 2 rings (SSSR count). The fraction of sp³-hybridized carbons (Fsp3) is 0.333. The van der Waals surface area contributed by atoms with Gasteiger partial charge in [-0.15, -0.1) is 0 Å². The number of aliphatic hydroxyl groups excluding tert-OH is 1. The molecule has 0 fully saturated rings. The van der Waals surface area contributed by atoms with E-state index < -0.39 is 0 Å². The zero-order valence-corrected chi connectivity index (χ0v) is 12.3. The van der Waals surface area contributed by atoms with E-state index in [9.17, 15) is 0 Å². The second kappa shape index (κ2) is 7.11. The Morgan fingerprint density at radius 3 is 2.40 bits per heavy atom. The lowest BCUT2D eigenvalue weighted by molar-refractivity contribution is 0.288. The summed E-state index contributed by atoms with van der Waals surface area (Å²) in [4.78, 5) is 0. The van der Waals surface area contributed by atoms with Gasteiger partial charge in [-0.1, -0.05) is 41.5 Å². The fourth-order valence-corrected chi connectivity index (χ4v) is 2.50. The molecule has 0 aliphatic heterocycles. The van der Waals surface area contributed by atoms with Crippen molar-refractivity contribution in [1.82, 2.24) is 0 Å². The molecule has 20 heavy (non-hydrogen) atoms. The summed E-state index contributed by atoms with van der Waals surface area (Å²) in [6, 6.07) is 15.1. The molecule has 0 aliphatic carbocycles. The number of nitrogens with one attached hydrogen (secondary N) is 1. The van der Waals surface area contributed by atoms with Crippen molar-refractivity contribution in [2.45, 2.75) is 33.2 Å². The van der Waals surface area contributed by atoms with Gasteiger partial charge in [0.1, 0.15) is 0 Å². The topological polar surface area (TPSA) is 32.3 Å². The average Bonchev–Trinajstić information content (AvgIpc) is 2.42. The highest BCUT2D eigenvalue weighted by Crippen LogP contribution is 2.15. The first-order valence-corrected chi connectivity index (χ1v) is 7.18. The van der Waals surface area contributed by atoms with Crippen molar-refractivity contribution in [3.63, 3.8) is 0 Å². The first-order valence-electron chi connectivity index (χ1n) is 7.18. The van der Waals surface area contributed by atoms with Gasteiger partial charge in [0.05, 0.1) is 0 Å². The third-order valence-corrected chi connectivity index (χ3v) is 3.33. The average molecular weight is 269 g/mol. The van der Waals surface area contributed by atoms with Crippen LogP contribution < -0.4 is 5.32 Å². The number of anilines is 1. The molecule has 2 aromatic carbocycles. The number of benzene rings is 2. The summed E-state index contributed by atoms with van der Waals surface area (Å²) in [7, 11) is 0. The van der Waals surface area contributed by atoms with E-state index in [1.54, 1.807) is 0 Å². The van der Waals surface area contributed by atoms with Crippen LogP contribution in [-0.4, -0.2) is 11.7 Å². The largest absolute Gasteiger partial charge is 0.396 e. The minimum Gasteiger partial charge on any atom is -0.396 e. The summed E-state index contributed by atoms with van der Waals surface area (Å²) in [6.07, 6.45) is 1.75. The molecular formula is C18H23NO. The number of aliphatic hydroxyl groups is 1. The van der Waals surface area contributed by atoms with Gasteiger partial charge in [-0.05, 0) is 49.9 Å². The van der Waals surface area contributed by atoms with E-state index in [4.69, 9.17) is 5.11 Å². The molecule has 0 atom stereocenters. The second-order valence-corrected chi connectivity index (χ2v) is 5.38. The summed E-state index contributed by atoms with van der Waals surface area (Å²) in [6.45, 7) is 5.35. The summed E-state index contributed by atoms with van der Waals surface area (Å²) in [5, 5.41) is 12.4. The second-order valence-electron chi connectivity index (χ2n) is 5.38. The molecule has 106 valence electrons. The van der Waals surface area contributed by atoms with Gasteiger partial charge in [-0.2, -0.15) is 0 Å². The predicted octanol–water partition coefficient (Wildman–Crippen LogP) is 3.84. The summed E-state index contributed by atoms with van der Waals surface area (Å²) < 4.78 is 0. The SMILES string of the molecule is Cc1cc(C)cc(CNc2cccc(CCCO)c2)c1. The van der Waals surface area contributed by atoms with Crippen molar-refractivity contribution in [2.75, 3.05) is 11.9 Å². The van der Waals surface area contributed by atoms with Crippen molar-refractivity contribution in [3.8, 4) is 0 Å². The Balaban J connectivity index is 1.99. The normalized spacial score (nSPS) is 10.6. The number of hydrogen-bond acceptors (Lipinski definition) is 2. The van der Waals surface area contributed by atoms with Crippen LogP contribution in [-0.2, 0) is 13.0 Å². The van der Waals surface area contributed by atoms with Crippen LogP contribution in [0.25, 0.3) is 0 Å².